The topological polar surface area (TPSA) is 44.6 Å². The fourth-order valence-corrected chi connectivity index (χ4v) is 1.45. The number of hydrogen-bond acceptors (Lipinski definition) is 2. The van der Waals surface area contributed by atoms with Crippen molar-refractivity contribution in [3.8, 4) is 0 Å². The van der Waals surface area contributed by atoms with Gasteiger partial charge in [0, 0.05) is 12.6 Å². The number of aliphatic imine (C=N–C) groups is 1. The van der Waals surface area contributed by atoms with E-state index in [1.165, 1.54) is 5.56 Å². The maximum absolute atomic E-state index is 8.77. The predicted molar refractivity (Wildman–Crippen MR) is 59.8 cm³/mol. The van der Waals surface area contributed by atoms with Crippen LogP contribution in [0.5, 0.6) is 0 Å². The highest BCUT2D eigenvalue weighted by Crippen LogP contribution is 2.32. The number of hydrogen-bond donors (Lipinski definition) is 2. The largest absolute Gasteiger partial charge is 0.290 e. The molecule has 1 aliphatic carbocycles. The molecule has 0 spiro atoms. The Kier molecular flexibility index (Phi) is 3.28. The molecule has 0 saturated carbocycles. The third kappa shape index (κ3) is 1.52. The SMILES string of the molecule is CN=C(NO)C1=Cc2ccccc21.Cl. The Morgan fingerprint density at radius 2 is 2.07 bits per heavy atom. The Bertz CT molecular complexity index is 399. The molecule has 0 unspecified atom stereocenters. The summed E-state index contributed by atoms with van der Waals surface area (Å²) >= 11 is 0. The molecule has 3 nitrogen and oxygen atoms in total. The van der Waals surface area contributed by atoms with Gasteiger partial charge in [-0.25, -0.2) is 0 Å². The van der Waals surface area contributed by atoms with Gasteiger partial charge in [0.2, 0.25) is 0 Å². The monoisotopic (exact) mass is 210 g/mol. The first-order chi connectivity index (χ1) is 6.36. The number of fused-ring (bicyclic) bond motifs is 1. The lowest BCUT2D eigenvalue weighted by molar-refractivity contribution is 0.236. The summed E-state index contributed by atoms with van der Waals surface area (Å²) in [6, 6.07) is 7.99. The van der Waals surface area contributed by atoms with Crippen molar-refractivity contribution in [2.45, 2.75) is 0 Å². The molecule has 0 aromatic heterocycles. The van der Waals surface area contributed by atoms with E-state index in [0.29, 0.717) is 5.84 Å². The van der Waals surface area contributed by atoms with E-state index in [9.17, 15) is 0 Å². The Balaban J connectivity index is 0.000000980. The maximum Gasteiger partial charge on any atom is 0.152 e. The summed E-state index contributed by atoms with van der Waals surface area (Å²) in [7, 11) is 1.64. The van der Waals surface area contributed by atoms with Crippen LogP contribution in [0.3, 0.4) is 0 Å². The van der Waals surface area contributed by atoms with Crippen molar-refractivity contribution in [1.29, 1.82) is 0 Å². The van der Waals surface area contributed by atoms with Crippen molar-refractivity contribution in [2.75, 3.05) is 7.05 Å². The minimum absolute atomic E-state index is 0. The molecule has 14 heavy (non-hydrogen) atoms. The number of benzene rings is 1. The van der Waals surface area contributed by atoms with Crippen LogP contribution in [0.4, 0.5) is 0 Å². The summed E-state index contributed by atoms with van der Waals surface area (Å²) in [6.07, 6.45) is 1.99. The van der Waals surface area contributed by atoms with Crippen LogP contribution in [-0.4, -0.2) is 18.1 Å². The van der Waals surface area contributed by atoms with Gasteiger partial charge in [-0.05, 0) is 17.2 Å². The average Bonchev–Trinajstić information content (AvgIpc) is 2.14. The average molecular weight is 211 g/mol. The predicted octanol–water partition coefficient (Wildman–Crippen LogP) is 1.97. The summed E-state index contributed by atoms with van der Waals surface area (Å²) < 4.78 is 0. The highest BCUT2D eigenvalue weighted by atomic mass is 35.5. The molecule has 0 radical (unpaired) electrons. The number of nitrogens with zero attached hydrogens (tertiary/aromatic N) is 1. The van der Waals surface area contributed by atoms with Crippen molar-refractivity contribution < 1.29 is 5.21 Å². The summed E-state index contributed by atoms with van der Waals surface area (Å²) in [4.78, 5) is 3.91. The summed E-state index contributed by atoms with van der Waals surface area (Å²) in [5, 5.41) is 8.77. The number of amidine groups is 1. The van der Waals surface area contributed by atoms with E-state index in [2.05, 4.69) is 10.5 Å². The number of nitrogens with one attached hydrogen (secondary N) is 1. The molecule has 0 saturated heterocycles. The molecule has 1 aromatic carbocycles. The second-order valence-electron chi connectivity index (χ2n) is 2.83. The van der Waals surface area contributed by atoms with Crippen molar-refractivity contribution >= 4 is 29.9 Å². The Labute approximate surface area is 88.5 Å². The lowest BCUT2D eigenvalue weighted by atomic mass is 9.88. The first-order valence-corrected chi connectivity index (χ1v) is 4.05. The molecule has 0 amide bonds. The van der Waals surface area contributed by atoms with E-state index in [1.807, 2.05) is 30.3 Å². The summed E-state index contributed by atoms with van der Waals surface area (Å²) in [5.74, 6) is 0.513. The Hall–Kier alpha value is -1.32. The van der Waals surface area contributed by atoms with E-state index in [0.717, 1.165) is 11.1 Å². The lowest BCUT2D eigenvalue weighted by Gasteiger charge is -2.19. The zero-order valence-corrected chi connectivity index (χ0v) is 8.51. The van der Waals surface area contributed by atoms with E-state index < -0.39 is 0 Å². The fourth-order valence-electron chi connectivity index (χ4n) is 1.45. The van der Waals surface area contributed by atoms with Crippen LogP contribution in [0, 0.1) is 0 Å². The van der Waals surface area contributed by atoms with Gasteiger partial charge in [0.05, 0.1) is 0 Å². The van der Waals surface area contributed by atoms with Crippen LogP contribution in [0.15, 0.2) is 29.3 Å². The van der Waals surface area contributed by atoms with Crippen LogP contribution < -0.4 is 5.48 Å². The van der Waals surface area contributed by atoms with Crippen LogP contribution in [0.1, 0.15) is 11.1 Å². The van der Waals surface area contributed by atoms with Gasteiger partial charge in [0.25, 0.3) is 0 Å². The minimum Gasteiger partial charge on any atom is -0.290 e. The van der Waals surface area contributed by atoms with Gasteiger partial charge in [-0.2, -0.15) is 0 Å². The second-order valence-corrected chi connectivity index (χ2v) is 2.83. The van der Waals surface area contributed by atoms with Gasteiger partial charge in [-0.1, -0.05) is 24.3 Å². The van der Waals surface area contributed by atoms with E-state index in [1.54, 1.807) is 7.05 Å². The zero-order valence-electron chi connectivity index (χ0n) is 7.69. The van der Waals surface area contributed by atoms with Gasteiger partial charge in [0.1, 0.15) is 0 Å². The molecule has 0 fully saturated rings. The lowest BCUT2D eigenvalue weighted by Crippen LogP contribution is -2.23. The third-order valence-electron chi connectivity index (χ3n) is 2.14. The standard InChI is InChI=1S/C10H10N2O.ClH/c1-11-10(12-13)9-6-7-4-2-3-5-8(7)9;/h2-6,13H,1H3,(H,11,12);1H. The first kappa shape index (κ1) is 10.8. The molecule has 1 aliphatic rings. The van der Waals surface area contributed by atoms with Crippen molar-refractivity contribution in [2.24, 2.45) is 4.99 Å². The molecule has 0 aliphatic heterocycles. The Morgan fingerprint density at radius 1 is 1.36 bits per heavy atom. The Morgan fingerprint density at radius 3 is 2.64 bits per heavy atom. The van der Waals surface area contributed by atoms with E-state index in [4.69, 9.17) is 5.21 Å². The number of rotatable bonds is 1. The van der Waals surface area contributed by atoms with Gasteiger partial charge < -0.3 is 0 Å². The van der Waals surface area contributed by atoms with E-state index >= 15 is 0 Å². The van der Waals surface area contributed by atoms with E-state index in [-0.39, 0.29) is 12.4 Å². The first-order valence-electron chi connectivity index (χ1n) is 4.05. The van der Waals surface area contributed by atoms with Crippen LogP contribution in [0.2, 0.25) is 0 Å². The molecule has 0 atom stereocenters. The summed E-state index contributed by atoms with van der Waals surface area (Å²) in [6.45, 7) is 0. The molecule has 74 valence electrons. The maximum atomic E-state index is 8.77. The normalized spacial score (nSPS) is 13.3. The summed E-state index contributed by atoms with van der Waals surface area (Å²) in [5.41, 5.74) is 5.35. The smallest absolute Gasteiger partial charge is 0.152 e. The molecule has 0 heterocycles. The van der Waals surface area contributed by atoms with Crippen LogP contribution in [-0.2, 0) is 0 Å². The van der Waals surface area contributed by atoms with Crippen molar-refractivity contribution in [3.63, 3.8) is 0 Å². The molecule has 2 N–H and O–H groups in total. The van der Waals surface area contributed by atoms with Gasteiger partial charge >= 0.3 is 0 Å². The van der Waals surface area contributed by atoms with Gasteiger partial charge in [-0.3, -0.25) is 15.7 Å². The fraction of sp³-hybridized carbons (Fsp3) is 0.100. The minimum atomic E-state index is 0. The molecular weight excluding hydrogens is 200 g/mol. The van der Waals surface area contributed by atoms with Crippen LogP contribution >= 0.6 is 12.4 Å². The van der Waals surface area contributed by atoms with Gasteiger partial charge in [0.15, 0.2) is 5.84 Å². The molecule has 2 rings (SSSR count). The van der Waals surface area contributed by atoms with Gasteiger partial charge in [-0.15, -0.1) is 12.4 Å². The highest BCUT2D eigenvalue weighted by Gasteiger charge is 2.18. The zero-order chi connectivity index (χ0) is 9.26. The quantitative estimate of drug-likeness (QED) is 0.423. The molecular formula is C10H11ClN2O. The number of hydroxylamine groups is 1. The molecule has 0 bridgehead atoms. The van der Waals surface area contributed by atoms with Crippen molar-refractivity contribution in [1.82, 2.24) is 5.48 Å². The second kappa shape index (κ2) is 4.26. The van der Waals surface area contributed by atoms with Crippen molar-refractivity contribution in [3.05, 3.63) is 35.4 Å². The molecule has 4 heteroatoms. The number of halogens is 1. The highest BCUT2D eigenvalue weighted by molar-refractivity contribution is 6.31. The molecule has 1 aromatic rings. The van der Waals surface area contributed by atoms with Crippen LogP contribution in [0.25, 0.3) is 11.6 Å². The third-order valence-corrected chi connectivity index (χ3v) is 2.14.